The van der Waals surface area contributed by atoms with Crippen LogP contribution in [0.4, 0.5) is 5.82 Å². The molecule has 11 atom stereocenters. The molecule has 1 saturated heterocycles. The minimum absolute atomic E-state index is 0.0994. The van der Waals surface area contributed by atoms with Crippen molar-refractivity contribution in [2.24, 2.45) is 46.3 Å². The van der Waals surface area contributed by atoms with Gasteiger partial charge in [0.2, 0.25) is 5.91 Å². The number of carbonyl (C=O) groups excluding carboxylic acids is 1. The first kappa shape index (κ1) is 28.4. The van der Waals surface area contributed by atoms with Gasteiger partial charge in [0, 0.05) is 38.8 Å². The fourth-order valence-corrected chi connectivity index (χ4v) is 10.6. The minimum Gasteiger partial charge on any atom is -0.393 e. The molecule has 4 saturated carbocycles. The van der Waals surface area contributed by atoms with Crippen LogP contribution in [0.15, 0.2) is 24.4 Å². The van der Waals surface area contributed by atoms with Crippen LogP contribution in [0.25, 0.3) is 0 Å². The van der Waals surface area contributed by atoms with Crippen molar-refractivity contribution < 1.29 is 20.1 Å². The van der Waals surface area contributed by atoms with Crippen molar-refractivity contribution in [1.82, 2.24) is 9.88 Å². The van der Waals surface area contributed by atoms with E-state index in [0.717, 1.165) is 83.4 Å². The first-order valence-electron chi connectivity index (χ1n) is 16.1. The highest BCUT2D eigenvalue weighted by molar-refractivity contribution is 5.76. The largest absolute Gasteiger partial charge is 0.393 e. The molecule has 222 valence electrons. The lowest BCUT2D eigenvalue weighted by Gasteiger charge is -2.63. The van der Waals surface area contributed by atoms with Crippen molar-refractivity contribution in [3.63, 3.8) is 0 Å². The Morgan fingerprint density at radius 2 is 1.80 bits per heavy atom. The molecular formula is C33H51N3O4. The normalized spacial score (nSPS) is 44.0. The van der Waals surface area contributed by atoms with Crippen molar-refractivity contribution in [3.05, 3.63) is 24.4 Å². The maximum absolute atomic E-state index is 13.2. The third kappa shape index (κ3) is 4.68. The number of rotatable bonds is 5. The number of nitrogens with zero attached hydrogens (tertiary/aromatic N) is 3. The summed E-state index contributed by atoms with van der Waals surface area (Å²) in [4.78, 5) is 21.9. The minimum atomic E-state index is -0.376. The van der Waals surface area contributed by atoms with E-state index in [9.17, 15) is 20.1 Å². The molecular weight excluding hydrogens is 502 g/mol. The third-order valence-electron chi connectivity index (χ3n) is 12.9. The molecule has 0 spiro atoms. The monoisotopic (exact) mass is 553 g/mol. The van der Waals surface area contributed by atoms with Gasteiger partial charge in [-0.05, 0) is 110 Å². The van der Waals surface area contributed by atoms with Gasteiger partial charge in [0.05, 0.1) is 18.3 Å². The Kier molecular flexibility index (Phi) is 7.71. The first-order valence-corrected chi connectivity index (χ1v) is 16.1. The number of piperazine rings is 1. The van der Waals surface area contributed by atoms with Gasteiger partial charge in [-0.2, -0.15) is 0 Å². The van der Waals surface area contributed by atoms with E-state index in [1.54, 1.807) is 0 Å². The highest BCUT2D eigenvalue weighted by Crippen LogP contribution is 2.68. The topological polar surface area (TPSA) is 97.1 Å². The molecule has 0 aromatic carbocycles. The molecule has 1 aromatic heterocycles. The second-order valence-corrected chi connectivity index (χ2v) is 14.6. The second-order valence-electron chi connectivity index (χ2n) is 14.6. The zero-order valence-electron chi connectivity index (χ0n) is 24.8. The van der Waals surface area contributed by atoms with Crippen LogP contribution >= 0.6 is 0 Å². The van der Waals surface area contributed by atoms with Crippen molar-refractivity contribution in [2.75, 3.05) is 31.1 Å². The number of amides is 1. The predicted molar refractivity (Wildman–Crippen MR) is 155 cm³/mol. The van der Waals surface area contributed by atoms with E-state index < -0.39 is 0 Å². The Morgan fingerprint density at radius 3 is 2.52 bits per heavy atom. The van der Waals surface area contributed by atoms with Gasteiger partial charge >= 0.3 is 0 Å². The molecule has 1 aliphatic heterocycles. The summed E-state index contributed by atoms with van der Waals surface area (Å²) in [5.41, 5.74) is -0.113. The van der Waals surface area contributed by atoms with Crippen LogP contribution in [0.1, 0.15) is 78.6 Å². The molecule has 2 heterocycles. The molecule has 1 amide bonds. The second kappa shape index (κ2) is 10.9. The molecule has 3 N–H and O–H groups in total. The van der Waals surface area contributed by atoms with Crippen LogP contribution in [0.2, 0.25) is 0 Å². The predicted octanol–water partition coefficient (Wildman–Crippen LogP) is 4.11. The number of aliphatic hydroxyl groups excluding tert-OH is 3. The van der Waals surface area contributed by atoms with E-state index in [-0.39, 0.29) is 41.0 Å². The standard InChI is InChI=1S/C33H51N3O4/c1-21(7-10-30(40)36-16-14-35(15-17-36)29-6-4-5-13-34-29)24-8-9-25-31-26(20-28(39)33(24,25)3)32(2)12-11-23(37)18-22(32)19-27(31)38/h4-6,13,21-28,31,37-39H,7-12,14-20H2,1-3H3/t21-,22?,23-,24-,25?,26?,27-,28+,31?,32+,33-/m1/s1. The summed E-state index contributed by atoms with van der Waals surface area (Å²) in [7, 11) is 0. The number of fused-ring (bicyclic) bond motifs is 5. The molecule has 40 heavy (non-hydrogen) atoms. The van der Waals surface area contributed by atoms with Crippen molar-refractivity contribution in [1.29, 1.82) is 0 Å². The molecule has 0 radical (unpaired) electrons. The van der Waals surface area contributed by atoms with Crippen molar-refractivity contribution in [2.45, 2.75) is 96.9 Å². The van der Waals surface area contributed by atoms with Gasteiger partial charge in [-0.3, -0.25) is 4.79 Å². The maximum atomic E-state index is 13.2. The maximum Gasteiger partial charge on any atom is 0.222 e. The molecule has 5 aliphatic rings. The fraction of sp³-hybridized carbons (Fsp3) is 0.818. The van der Waals surface area contributed by atoms with Crippen LogP contribution in [-0.4, -0.2) is 75.6 Å². The summed E-state index contributed by atoms with van der Waals surface area (Å²) in [6, 6.07) is 5.96. The fourth-order valence-electron chi connectivity index (χ4n) is 10.6. The van der Waals surface area contributed by atoms with E-state index in [4.69, 9.17) is 0 Å². The zero-order chi connectivity index (χ0) is 28.2. The number of aliphatic hydroxyl groups is 3. The zero-order valence-corrected chi connectivity index (χ0v) is 24.8. The Labute approximate surface area is 240 Å². The van der Waals surface area contributed by atoms with E-state index in [1.165, 1.54) is 0 Å². The van der Waals surface area contributed by atoms with Crippen molar-refractivity contribution in [3.8, 4) is 0 Å². The van der Waals surface area contributed by atoms with Gasteiger partial charge in [-0.15, -0.1) is 0 Å². The Bertz CT molecular complexity index is 1050. The Morgan fingerprint density at radius 1 is 1.02 bits per heavy atom. The van der Waals surface area contributed by atoms with Gasteiger partial charge < -0.3 is 25.1 Å². The molecule has 1 aromatic rings. The smallest absolute Gasteiger partial charge is 0.222 e. The summed E-state index contributed by atoms with van der Waals surface area (Å²) in [5.74, 6) is 3.18. The van der Waals surface area contributed by atoms with Gasteiger partial charge in [0.15, 0.2) is 0 Å². The average molecular weight is 554 g/mol. The average Bonchev–Trinajstić information content (AvgIpc) is 3.32. The third-order valence-corrected chi connectivity index (χ3v) is 12.9. The Balaban J connectivity index is 1.08. The number of hydrogen-bond acceptors (Lipinski definition) is 6. The number of aromatic nitrogens is 1. The van der Waals surface area contributed by atoms with Gasteiger partial charge in [-0.25, -0.2) is 4.98 Å². The quantitative estimate of drug-likeness (QED) is 0.508. The lowest BCUT2D eigenvalue weighted by molar-refractivity contribution is -0.207. The van der Waals surface area contributed by atoms with Crippen LogP contribution in [-0.2, 0) is 4.79 Å². The molecule has 7 heteroatoms. The molecule has 5 fully saturated rings. The summed E-state index contributed by atoms with van der Waals surface area (Å²) >= 11 is 0. The lowest BCUT2D eigenvalue weighted by Crippen LogP contribution is -2.62. The van der Waals surface area contributed by atoms with E-state index in [0.29, 0.717) is 36.0 Å². The van der Waals surface area contributed by atoms with Gasteiger partial charge in [0.1, 0.15) is 5.82 Å². The van der Waals surface area contributed by atoms with E-state index in [2.05, 4.69) is 30.7 Å². The number of hydrogen-bond donors (Lipinski definition) is 3. The summed E-state index contributed by atoms with van der Waals surface area (Å²) < 4.78 is 0. The van der Waals surface area contributed by atoms with Gasteiger partial charge in [-0.1, -0.05) is 26.8 Å². The summed E-state index contributed by atoms with van der Waals surface area (Å²) in [6.07, 6.45) is 8.60. The van der Waals surface area contributed by atoms with Crippen molar-refractivity contribution >= 4 is 11.7 Å². The highest BCUT2D eigenvalue weighted by atomic mass is 16.3. The molecule has 6 rings (SSSR count). The van der Waals surface area contributed by atoms with Crippen LogP contribution in [0, 0.1) is 46.3 Å². The van der Waals surface area contributed by atoms with Crippen LogP contribution in [0.3, 0.4) is 0 Å². The highest BCUT2D eigenvalue weighted by Gasteiger charge is 2.65. The number of carbonyl (C=O) groups is 1. The van der Waals surface area contributed by atoms with Gasteiger partial charge in [0.25, 0.3) is 0 Å². The SMILES string of the molecule is C[C@H](CCC(=O)N1CCN(c2ccccn2)CC1)[C@H]1CCC2C3C(C[C@H](O)[C@@]21C)[C@@]1(C)CC[C@@H](O)CC1C[C@H]3O. The molecule has 4 unspecified atom stereocenters. The van der Waals surface area contributed by atoms with Crippen LogP contribution < -0.4 is 4.90 Å². The number of pyridine rings is 1. The summed E-state index contributed by atoms with van der Waals surface area (Å²) in [5, 5.41) is 33.7. The molecule has 7 nitrogen and oxygen atoms in total. The van der Waals surface area contributed by atoms with Crippen LogP contribution in [0.5, 0.6) is 0 Å². The van der Waals surface area contributed by atoms with E-state index in [1.807, 2.05) is 29.3 Å². The van der Waals surface area contributed by atoms with E-state index >= 15 is 0 Å². The molecule has 4 aliphatic carbocycles. The lowest BCUT2D eigenvalue weighted by atomic mass is 9.43. The Hall–Kier alpha value is -1.70. The molecule has 0 bridgehead atoms. The summed E-state index contributed by atoms with van der Waals surface area (Å²) in [6.45, 7) is 10.1. The number of anilines is 1. The first-order chi connectivity index (χ1) is 19.1.